The number of carbonyl (C=O) groups excluding carboxylic acids is 1. The summed E-state index contributed by atoms with van der Waals surface area (Å²) in [5.41, 5.74) is 1.14. The molecular formula is C14H22N2O3S. The molecule has 6 heteroatoms. The number of hydrogen-bond donors (Lipinski definition) is 2. The maximum atomic E-state index is 11.7. The lowest BCUT2D eigenvalue weighted by Crippen LogP contribution is -2.22. The molecule has 1 aromatic rings. The molecule has 20 heavy (non-hydrogen) atoms. The average Bonchev–Trinajstić information content (AvgIpc) is 2.30. The van der Waals surface area contributed by atoms with Crippen molar-refractivity contribution in [3.05, 3.63) is 24.3 Å². The van der Waals surface area contributed by atoms with Gasteiger partial charge in [-0.15, -0.1) is 0 Å². The lowest BCUT2D eigenvalue weighted by Gasteiger charge is -2.12. The number of hydrogen-bond acceptors (Lipinski definition) is 3. The first-order valence-electron chi connectivity index (χ1n) is 6.62. The van der Waals surface area contributed by atoms with Crippen molar-refractivity contribution in [2.45, 2.75) is 39.4 Å². The molecule has 0 aromatic heterocycles. The highest BCUT2D eigenvalue weighted by Gasteiger charge is 2.15. The number of rotatable bonds is 6. The van der Waals surface area contributed by atoms with E-state index in [1.807, 2.05) is 13.8 Å². The van der Waals surface area contributed by atoms with E-state index in [0.29, 0.717) is 23.7 Å². The Morgan fingerprint density at radius 1 is 1.05 bits per heavy atom. The summed E-state index contributed by atoms with van der Waals surface area (Å²) >= 11 is 0. The predicted molar refractivity (Wildman–Crippen MR) is 82.2 cm³/mol. The Bertz CT molecular complexity index is 548. The number of nitrogens with one attached hydrogen (secondary N) is 2. The second-order valence-corrected chi connectivity index (χ2v) is 7.66. The van der Waals surface area contributed by atoms with Gasteiger partial charge in [-0.2, -0.15) is 0 Å². The molecule has 0 heterocycles. The van der Waals surface area contributed by atoms with Gasteiger partial charge >= 0.3 is 0 Å². The van der Waals surface area contributed by atoms with Crippen molar-refractivity contribution in [2.75, 3.05) is 10.0 Å². The van der Waals surface area contributed by atoms with Crippen LogP contribution < -0.4 is 10.0 Å². The third-order valence-corrected chi connectivity index (χ3v) is 4.40. The van der Waals surface area contributed by atoms with Crippen molar-refractivity contribution in [1.82, 2.24) is 0 Å². The largest absolute Gasteiger partial charge is 0.326 e. The van der Waals surface area contributed by atoms with Crippen LogP contribution in [0, 0.1) is 5.92 Å². The lowest BCUT2D eigenvalue weighted by atomic mass is 10.1. The van der Waals surface area contributed by atoms with E-state index in [9.17, 15) is 13.2 Å². The van der Waals surface area contributed by atoms with Crippen molar-refractivity contribution < 1.29 is 13.2 Å². The van der Waals surface area contributed by atoms with Gasteiger partial charge < -0.3 is 5.32 Å². The first-order valence-corrected chi connectivity index (χ1v) is 8.17. The van der Waals surface area contributed by atoms with Crippen LogP contribution in [0.2, 0.25) is 0 Å². The Hall–Kier alpha value is -1.56. The first-order chi connectivity index (χ1) is 9.20. The van der Waals surface area contributed by atoms with Crippen LogP contribution in [0.1, 0.15) is 34.1 Å². The second-order valence-electron chi connectivity index (χ2n) is 5.42. The van der Waals surface area contributed by atoms with Crippen LogP contribution in [0.25, 0.3) is 0 Å². The fourth-order valence-electron chi connectivity index (χ4n) is 1.49. The van der Waals surface area contributed by atoms with E-state index in [2.05, 4.69) is 10.0 Å². The summed E-state index contributed by atoms with van der Waals surface area (Å²) in [5.74, 6) is 0.252. The Morgan fingerprint density at radius 2 is 1.55 bits per heavy atom. The predicted octanol–water partition coefficient (Wildman–Crippen LogP) is 2.82. The number of anilines is 2. The van der Waals surface area contributed by atoms with Crippen LogP contribution in [-0.2, 0) is 14.8 Å². The monoisotopic (exact) mass is 298 g/mol. The smallest absolute Gasteiger partial charge is 0.235 e. The van der Waals surface area contributed by atoms with E-state index in [-0.39, 0.29) is 5.91 Å². The minimum Gasteiger partial charge on any atom is -0.326 e. The highest BCUT2D eigenvalue weighted by atomic mass is 32.2. The third kappa shape index (κ3) is 5.21. The molecule has 0 fully saturated rings. The quantitative estimate of drug-likeness (QED) is 0.848. The van der Waals surface area contributed by atoms with Crippen LogP contribution in [0.15, 0.2) is 24.3 Å². The Labute approximate surface area is 120 Å². The third-order valence-electron chi connectivity index (χ3n) is 2.64. The fraction of sp³-hybridized carbons (Fsp3) is 0.500. The molecule has 0 saturated heterocycles. The molecule has 1 amide bonds. The van der Waals surface area contributed by atoms with E-state index in [0.717, 1.165) is 0 Å². The van der Waals surface area contributed by atoms with Gasteiger partial charge in [-0.3, -0.25) is 9.52 Å². The SMILES string of the molecule is CC(C)CC(=O)Nc1ccc(NS(=O)(=O)C(C)C)cc1. The summed E-state index contributed by atoms with van der Waals surface area (Å²) < 4.78 is 25.9. The maximum absolute atomic E-state index is 11.7. The van der Waals surface area contributed by atoms with Gasteiger partial charge in [-0.1, -0.05) is 13.8 Å². The highest BCUT2D eigenvalue weighted by molar-refractivity contribution is 7.93. The molecule has 0 saturated carbocycles. The molecule has 0 atom stereocenters. The van der Waals surface area contributed by atoms with Gasteiger partial charge in [0.05, 0.1) is 5.25 Å². The summed E-state index contributed by atoms with van der Waals surface area (Å²) in [4.78, 5) is 11.6. The summed E-state index contributed by atoms with van der Waals surface area (Å²) in [6.45, 7) is 7.18. The molecule has 112 valence electrons. The fourth-order valence-corrected chi connectivity index (χ4v) is 2.19. The average molecular weight is 298 g/mol. The van der Waals surface area contributed by atoms with Crippen molar-refractivity contribution in [2.24, 2.45) is 5.92 Å². The molecule has 0 aliphatic rings. The number of benzene rings is 1. The minimum absolute atomic E-state index is 0.0458. The summed E-state index contributed by atoms with van der Waals surface area (Å²) in [6, 6.07) is 6.61. The number of amides is 1. The molecule has 5 nitrogen and oxygen atoms in total. The molecule has 0 bridgehead atoms. The molecule has 2 N–H and O–H groups in total. The Kier molecular flexibility index (Phi) is 5.56. The van der Waals surface area contributed by atoms with Gasteiger partial charge in [0.25, 0.3) is 0 Å². The van der Waals surface area contributed by atoms with E-state index in [1.54, 1.807) is 38.1 Å². The summed E-state index contributed by atoms with van der Waals surface area (Å²) in [7, 11) is -3.34. The van der Waals surface area contributed by atoms with Crippen LogP contribution in [0.5, 0.6) is 0 Å². The minimum atomic E-state index is -3.34. The van der Waals surface area contributed by atoms with Crippen molar-refractivity contribution in [3.63, 3.8) is 0 Å². The summed E-state index contributed by atoms with van der Waals surface area (Å²) in [5, 5.41) is 2.28. The molecule has 0 aliphatic carbocycles. The summed E-state index contributed by atoms with van der Waals surface area (Å²) in [6.07, 6.45) is 0.460. The van der Waals surface area contributed by atoms with Crippen molar-refractivity contribution in [3.8, 4) is 0 Å². The van der Waals surface area contributed by atoms with E-state index in [1.165, 1.54) is 0 Å². The Morgan fingerprint density at radius 3 is 2.00 bits per heavy atom. The van der Waals surface area contributed by atoms with Gasteiger partial charge in [0, 0.05) is 17.8 Å². The lowest BCUT2D eigenvalue weighted by molar-refractivity contribution is -0.116. The van der Waals surface area contributed by atoms with Crippen molar-refractivity contribution in [1.29, 1.82) is 0 Å². The maximum Gasteiger partial charge on any atom is 0.235 e. The molecule has 0 radical (unpaired) electrons. The number of sulfonamides is 1. The van der Waals surface area contributed by atoms with Crippen molar-refractivity contribution >= 4 is 27.3 Å². The molecule has 0 unspecified atom stereocenters. The van der Waals surface area contributed by atoms with Gasteiger partial charge in [0.1, 0.15) is 0 Å². The Balaban J connectivity index is 2.68. The number of carbonyl (C=O) groups is 1. The molecule has 0 spiro atoms. The topological polar surface area (TPSA) is 75.3 Å². The highest BCUT2D eigenvalue weighted by Crippen LogP contribution is 2.16. The van der Waals surface area contributed by atoms with Gasteiger partial charge in [-0.25, -0.2) is 8.42 Å². The first kappa shape index (κ1) is 16.5. The molecule has 0 aliphatic heterocycles. The standard InChI is InChI=1S/C14H22N2O3S/c1-10(2)9-14(17)15-12-5-7-13(8-6-12)16-20(18,19)11(3)4/h5-8,10-11,16H,9H2,1-4H3,(H,15,17). The van der Waals surface area contributed by atoms with Crippen LogP contribution in [0.3, 0.4) is 0 Å². The zero-order valence-electron chi connectivity index (χ0n) is 12.3. The van der Waals surface area contributed by atoms with Gasteiger partial charge in [0.15, 0.2) is 0 Å². The normalized spacial score (nSPS) is 11.7. The van der Waals surface area contributed by atoms with E-state index in [4.69, 9.17) is 0 Å². The zero-order valence-corrected chi connectivity index (χ0v) is 13.1. The molecule has 1 aromatic carbocycles. The van der Waals surface area contributed by atoms with E-state index < -0.39 is 15.3 Å². The molecule has 1 rings (SSSR count). The van der Waals surface area contributed by atoms with Crippen LogP contribution >= 0.6 is 0 Å². The van der Waals surface area contributed by atoms with Crippen LogP contribution in [-0.4, -0.2) is 19.6 Å². The molecular weight excluding hydrogens is 276 g/mol. The van der Waals surface area contributed by atoms with Gasteiger partial charge in [-0.05, 0) is 44.0 Å². The van der Waals surface area contributed by atoms with Crippen LogP contribution in [0.4, 0.5) is 11.4 Å². The second kappa shape index (κ2) is 6.74. The van der Waals surface area contributed by atoms with E-state index >= 15 is 0 Å². The van der Waals surface area contributed by atoms with Gasteiger partial charge in [0.2, 0.25) is 15.9 Å². The zero-order chi connectivity index (χ0) is 15.3.